The molecule has 0 unspecified atom stereocenters. The summed E-state index contributed by atoms with van der Waals surface area (Å²) < 4.78 is 19.8. The van der Waals surface area contributed by atoms with E-state index < -0.39 is 17.6 Å². The first-order valence-corrected chi connectivity index (χ1v) is 7.91. The normalized spacial score (nSPS) is 10.3. The highest BCUT2D eigenvalue weighted by molar-refractivity contribution is 6.09. The lowest BCUT2D eigenvalue weighted by molar-refractivity contribution is -0.136. The summed E-state index contributed by atoms with van der Waals surface area (Å²) in [6.45, 7) is 0. The van der Waals surface area contributed by atoms with Crippen LogP contribution in [0, 0.1) is 5.82 Å². The largest absolute Gasteiger partial charge is 0.481 e. The summed E-state index contributed by atoms with van der Waals surface area (Å²) >= 11 is 0. The van der Waals surface area contributed by atoms with Gasteiger partial charge in [-0.2, -0.15) is 0 Å². The van der Waals surface area contributed by atoms with Crippen LogP contribution in [0.5, 0.6) is 11.5 Å². The second-order valence-electron chi connectivity index (χ2n) is 5.65. The van der Waals surface area contributed by atoms with Crippen LogP contribution in [0.1, 0.15) is 21.5 Å². The Morgan fingerprint density at radius 3 is 2.15 bits per heavy atom. The standard InChI is InChI=1S/C21H15FO4/c22-19-12-14(13-20(23)24)6-11-18(19)21(25)15-7-9-17(10-8-15)26-16-4-2-1-3-5-16/h1-12H,13H2,(H,23,24). The molecule has 0 atom stereocenters. The summed E-state index contributed by atoms with van der Waals surface area (Å²) in [5.41, 5.74) is 0.518. The van der Waals surface area contributed by atoms with Crippen LogP contribution >= 0.6 is 0 Å². The van der Waals surface area contributed by atoms with Crippen LogP contribution in [-0.2, 0) is 11.2 Å². The first kappa shape index (κ1) is 17.4. The Kier molecular flexibility index (Phi) is 5.08. The number of hydrogen-bond acceptors (Lipinski definition) is 3. The fourth-order valence-electron chi connectivity index (χ4n) is 2.48. The number of ether oxygens (including phenoxy) is 1. The molecule has 0 bridgehead atoms. The second kappa shape index (κ2) is 7.61. The zero-order valence-corrected chi connectivity index (χ0v) is 13.7. The number of rotatable bonds is 6. The van der Waals surface area contributed by atoms with Crippen molar-refractivity contribution in [3.63, 3.8) is 0 Å². The Hall–Kier alpha value is -3.47. The van der Waals surface area contributed by atoms with Gasteiger partial charge in [0.25, 0.3) is 0 Å². The molecule has 0 saturated carbocycles. The number of halogens is 1. The van der Waals surface area contributed by atoms with Gasteiger partial charge in [0.2, 0.25) is 0 Å². The molecule has 3 aromatic rings. The minimum absolute atomic E-state index is 0.101. The highest BCUT2D eigenvalue weighted by Crippen LogP contribution is 2.23. The van der Waals surface area contributed by atoms with Crippen molar-refractivity contribution in [2.24, 2.45) is 0 Å². The third kappa shape index (κ3) is 4.13. The van der Waals surface area contributed by atoms with E-state index in [2.05, 4.69) is 0 Å². The molecule has 0 amide bonds. The Morgan fingerprint density at radius 1 is 0.885 bits per heavy atom. The SMILES string of the molecule is O=C(O)Cc1ccc(C(=O)c2ccc(Oc3ccccc3)cc2)c(F)c1. The zero-order valence-electron chi connectivity index (χ0n) is 13.7. The summed E-state index contributed by atoms with van der Waals surface area (Å²) in [6.07, 6.45) is -0.295. The van der Waals surface area contributed by atoms with Gasteiger partial charge < -0.3 is 9.84 Å². The molecular weight excluding hydrogens is 335 g/mol. The minimum atomic E-state index is -1.06. The van der Waals surface area contributed by atoms with Crippen molar-refractivity contribution in [1.82, 2.24) is 0 Å². The smallest absolute Gasteiger partial charge is 0.307 e. The number of hydrogen-bond donors (Lipinski definition) is 1. The van der Waals surface area contributed by atoms with Crippen molar-refractivity contribution in [2.75, 3.05) is 0 Å². The van der Waals surface area contributed by atoms with Crippen molar-refractivity contribution >= 4 is 11.8 Å². The van der Waals surface area contributed by atoms with E-state index in [0.29, 0.717) is 22.6 Å². The third-order valence-corrected chi connectivity index (χ3v) is 3.73. The number of carboxylic acids is 1. The molecule has 0 aromatic heterocycles. The van der Waals surface area contributed by atoms with E-state index in [1.807, 2.05) is 30.3 Å². The van der Waals surface area contributed by atoms with Gasteiger partial charge in [-0.15, -0.1) is 0 Å². The molecule has 5 heteroatoms. The molecule has 0 saturated heterocycles. The third-order valence-electron chi connectivity index (χ3n) is 3.73. The molecule has 0 fully saturated rings. The van der Waals surface area contributed by atoms with Crippen LogP contribution in [-0.4, -0.2) is 16.9 Å². The van der Waals surface area contributed by atoms with Crippen LogP contribution in [0.4, 0.5) is 4.39 Å². The van der Waals surface area contributed by atoms with Crippen molar-refractivity contribution in [2.45, 2.75) is 6.42 Å². The lowest BCUT2D eigenvalue weighted by Gasteiger charge is -2.07. The number of aliphatic carboxylic acids is 1. The highest BCUT2D eigenvalue weighted by Gasteiger charge is 2.15. The van der Waals surface area contributed by atoms with Gasteiger partial charge in [-0.3, -0.25) is 9.59 Å². The predicted molar refractivity (Wildman–Crippen MR) is 94.1 cm³/mol. The van der Waals surface area contributed by atoms with Crippen LogP contribution in [0.3, 0.4) is 0 Å². The molecule has 0 spiro atoms. The van der Waals surface area contributed by atoms with Gasteiger partial charge in [0, 0.05) is 5.56 Å². The fourth-order valence-corrected chi connectivity index (χ4v) is 2.48. The lowest BCUT2D eigenvalue weighted by atomic mass is 10.0. The van der Waals surface area contributed by atoms with Crippen molar-refractivity contribution in [3.8, 4) is 11.5 Å². The highest BCUT2D eigenvalue weighted by atomic mass is 19.1. The summed E-state index contributed by atoms with van der Waals surface area (Å²) in [5.74, 6) is -1.04. The van der Waals surface area contributed by atoms with Crippen LogP contribution in [0.25, 0.3) is 0 Å². The van der Waals surface area contributed by atoms with Gasteiger partial charge in [-0.1, -0.05) is 24.3 Å². The van der Waals surface area contributed by atoms with Crippen LogP contribution in [0.2, 0.25) is 0 Å². The average Bonchev–Trinajstić information content (AvgIpc) is 2.62. The van der Waals surface area contributed by atoms with Crippen molar-refractivity contribution < 1.29 is 23.8 Å². The molecular formula is C21H15FO4. The van der Waals surface area contributed by atoms with E-state index >= 15 is 0 Å². The molecule has 0 radical (unpaired) electrons. The minimum Gasteiger partial charge on any atom is -0.481 e. The van der Waals surface area contributed by atoms with Crippen LogP contribution in [0.15, 0.2) is 72.8 Å². The van der Waals surface area contributed by atoms with Gasteiger partial charge in [0.15, 0.2) is 5.78 Å². The van der Waals surface area contributed by atoms with E-state index in [9.17, 15) is 14.0 Å². The molecule has 26 heavy (non-hydrogen) atoms. The summed E-state index contributed by atoms with van der Waals surface area (Å²) in [4.78, 5) is 23.2. The molecule has 4 nitrogen and oxygen atoms in total. The van der Waals surface area contributed by atoms with Crippen molar-refractivity contribution in [3.05, 3.63) is 95.3 Å². The molecule has 0 heterocycles. The second-order valence-corrected chi connectivity index (χ2v) is 5.65. The Balaban J connectivity index is 1.76. The molecule has 1 N–H and O–H groups in total. The first-order valence-electron chi connectivity index (χ1n) is 7.91. The number of ketones is 1. The molecule has 0 aliphatic rings. The zero-order chi connectivity index (χ0) is 18.5. The van der Waals surface area contributed by atoms with E-state index in [1.165, 1.54) is 12.1 Å². The summed E-state index contributed by atoms with van der Waals surface area (Å²) in [7, 11) is 0. The molecule has 0 aliphatic heterocycles. The summed E-state index contributed by atoms with van der Waals surface area (Å²) in [5, 5.41) is 8.74. The molecule has 130 valence electrons. The maximum atomic E-state index is 14.2. The van der Waals surface area contributed by atoms with Crippen molar-refractivity contribution in [1.29, 1.82) is 0 Å². The average molecular weight is 350 g/mol. The van der Waals surface area contributed by atoms with Gasteiger partial charge in [0.1, 0.15) is 17.3 Å². The topological polar surface area (TPSA) is 63.6 Å². The number of carboxylic acid groups (broad SMARTS) is 1. The monoisotopic (exact) mass is 350 g/mol. The van der Waals surface area contributed by atoms with E-state index in [1.54, 1.807) is 24.3 Å². The molecule has 3 aromatic carbocycles. The van der Waals surface area contributed by atoms with Gasteiger partial charge in [0.05, 0.1) is 12.0 Å². The number of carbonyl (C=O) groups excluding carboxylic acids is 1. The number of benzene rings is 3. The number of carbonyl (C=O) groups is 2. The van der Waals surface area contributed by atoms with Gasteiger partial charge >= 0.3 is 5.97 Å². The number of para-hydroxylation sites is 1. The first-order chi connectivity index (χ1) is 12.5. The van der Waals surface area contributed by atoms with Gasteiger partial charge in [-0.25, -0.2) is 4.39 Å². The van der Waals surface area contributed by atoms with E-state index in [4.69, 9.17) is 9.84 Å². The summed E-state index contributed by atoms with van der Waals surface area (Å²) in [6, 6.07) is 19.4. The predicted octanol–water partition coefficient (Wildman–Crippen LogP) is 4.48. The molecule has 0 aliphatic carbocycles. The van der Waals surface area contributed by atoms with Crippen LogP contribution < -0.4 is 4.74 Å². The molecule has 3 rings (SSSR count). The Morgan fingerprint density at radius 2 is 1.54 bits per heavy atom. The van der Waals surface area contributed by atoms with Gasteiger partial charge in [-0.05, 0) is 54.1 Å². The Labute approximate surface area is 149 Å². The lowest BCUT2D eigenvalue weighted by Crippen LogP contribution is -2.06. The van der Waals surface area contributed by atoms with E-state index in [0.717, 1.165) is 6.07 Å². The maximum Gasteiger partial charge on any atom is 0.307 e. The van der Waals surface area contributed by atoms with E-state index in [-0.39, 0.29) is 12.0 Å². The maximum absolute atomic E-state index is 14.2. The fraction of sp³-hybridized carbons (Fsp3) is 0.0476. The Bertz CT molecular complexity index is 934. The quantitative estimate of drug-likeness (QED) is 0.666.